The number of nitrogens with two attached hydrogens (primary N) is 2. The van der Waals surface area contributed by atoms with Gasteiger partial charge in [0.15, 0.2) is 5.84 Å². The molecule has 0 unspecified atom stereocenters. The molecule has 0 bridgehead atoms. The number of hydrogen-bond donors (Lipinski definition) is 2. The maximum absolute atomic E-state index is 10.7. The normalized spacial score (nSPS) is 13.4. The van der Waals surface area contributed by atoms with Crippen LogP contribution in [0, 0.1) is 12.3 Å². The summed E-state index contributed by atoms with van der Waals surface area (Å²) in [5.41, 5.74) is 11.9. The lowest BCUT2D eigenvalue weighted by molar-refractivity contribution is -0.112. The Hall–Kier alpha value is -2.02. The van der Waals surface area contributed by atoms with Crippen LogP contribution < -0.4 is 11.5 Å². The van der Waals surface area contributed by atoms with E-state index in [0.717, 1.165) is 12.0 Å². The number of carbonyl (C=O) groups excluding carboxylic acids is 1. The first-order valence-electron chi connectivity index (χ1n) is 4.99. The van der Waals surface area contributed by atoms with E-state index in [-0.39, 0.29) is 5.84 Å². The highest BCUT2D eigenvalue weighted by Crippen LogP contribution is 2.08. The molecule has 86 valence electrons. The molecule has 0 spiro atoms. The smallest absolute Gasteiger partial charge is 0.283 e. The molecule has 0 radical (unpaired) electrons. The predicted octanol–water partition coefficient (Wildman–Crippen LogP) is 1.09. The molecule has 0 aromatic carbocycles. The maximum atomic E-state index is 10.7. The number of aliphatic imine (C=N–C) groups is 1. The molecule has 4 heteroatoms. The largest absolute Gasteiger partial charge is 0.379 e. The lowest BCUT2D eigenvalue weighted by Crippen LogP contribution is -2.30. The third kappa shape index (κ3) is 5.01. The van der Waals surface area contributed by atoms with Crippen LogP contribution >= 0.6 is 0 Å². The van der Waals surface area contributed by atoms with Crippen molar-refractivity contribution in [3.8, 4) is 12.3 Å². The molecule has 0 aliphatic rings. The van der Waals surface area contributed by atoms with Crippen LogP contribution in [0.15, 0.2) is 28.4 Å². The van der Waals surface area contributed by atoms with Crippen molar-refractivity contribution < 1.29 is 4.79 Å². The van der Waals surface area contributed by atoms with Crippen molar-refractivity contribution in [1.82, 2.24) is 0 Å². The number of terminal acetylenes is 1. The Morgan fingerprint density at radius 1 is 1.50 bits per heavy atom. The molecule has 0 heterocycles. The first-order chi connectivity index (χ1) is 7.54. The standard InChI is InChI=1S/C12H17N3O/c1-4-9(5-2)7-8-10(6-3)15-11(13)12(14)16/h1,6-7H,5,8H2,2-3H3,(H2,13,15)(H2,14,16)/b9-7+,10-6+. The molecule has 16 heavy (non-hydrogen) atoms. The minimum Gasteiger partial charge on any atom is -0.379 e. The summed E-state index contributed by atoms with van der Waals surface area (Å²) in [7, 11) is 0. The molecule has 0 aliphatic heterocycles. The Labute approximate surface area is 96.1 Å². The second kappa shape index (κ2) is 7.30. The van der Waals surface area contributed by atoms with E-state index in [1.54, 1.807) is 6.08 Å². The van der Waals surface area contributed by atoms with E-state index in [2.05, 4.69) is 10.9 Å². The van der Waals surface area contributed by atoms with Gasteiger partial charge in [0.05, 0.1) is 0 Å². The Kier molecular flexibility index (Phi) is 6.37. The fourth-order valence-electron chi connectivity index (χ4n) is 0.971. The number of nitrogens with zero attached hydrogens (tertiary/aromatic N) is 1. The fraction of sp³-hybridized carbons (Fsp3) is 0.333. The Morgan fingerprint density at radius 2 is 2.12 bits per heavy atom. The summed E-state index contributed by atoms with van der Waals surface area (Å²) in [6.07, 6.45) is 10.3. The van der Waals surface area contributed by atoms with Gasteiger partial charge in [-0.25, -0.2) is 4.99 Å². The van der Waals surface area contributed by atoms with E-state index in [4.69, 9.17) is 17.9 Å². The van der Waals surface area contributed by atoms with Crippen molar-refractivity contribution >= 4 is 11.7 Å². The SMILES string of the molecule is C#C/C(=C\C/C(=C\C)N=C(N)C(N)=O)CC. The molecular weight excluding hydrogens is 202 g/mol. The van der Waals surface area contributed by atoms with Gasteiger partial charge in [0, 0.05) is 12.1 Å². The van der Waals surface area contributed by atoms with E-state index in [1.807, 2.05) is 19.9 Å². The van der Waals surface area contributed by atoms with Crippen molar-refractivity contribution in [1.29, 1.82) is 0 Å². The highest BCUT2D eigenvalue weighted by atomic mass is 16.1. The van der Waals surface area contributed by atoms with Crippen LogP contribution in [0.2, 0.25) is 0 Å². The van der Waals surface area contributed by atoms with Gasteiger partial charge in [-0.1, -0.05) is 25.0 Å². The summed E-state index contributed by atoms with van der Waals surface area (Å²) in [6.45, 7) is 3.78. The average molecular weight is 219 g/mol. The van der Waals surface area contributed by atoms with Crippen molar-refractivity contribution in [3.63, 3.8) is 0 Å². The van der Waals surface area contributed by atoms with Gasteiger partial charge < -0.3 is 11.5 Å². The topological polar surface area (TPSA) is 81.5 Å². The van der Waals surface area contributed by atoms with Crippen LogP contribution in [0.5, 0.6) is 0 Å². The number of hydrogen-bond acceptors (Lipinski definition) is 2. The van der Waals surface area contributed by atoms with Gasteiger partial charge in [-0.15, -0.1) is 6.42 Å². The average Bonchev–Trinajstić information content (AvgIpc) is 2.28. The Balaban J connectivity index is 4.71. The second-order valence-corrected chi connectivity index (χ2v) is 3.07. The molecule has 0 aromatic rings. The number of amides is 1. The zero-order chi connectivity index (χ0) is 12.6. The van der Waals surface area contributed by atoms with E-state index in [9.17, 15) is 4.79 Å². The molecule has 0 saturated heterocycles. The van der Waals surface area contributed by atoms with Gasteiger partial charge >= 0.3 is 0 Å². The van der Waals surface area contributed by atoms with Gasteiger partial charge in [-0.2, -0.15) is 0 Å². The van der Waals surface area contributed by atoms with Crippen LogP contribution in [0.1, 0.15) is 26.7 Å². The van der Waals surface area contributed by atoms with Gasteiger partial charge in [-0.05, 0) is 18.9 Å². The monoisotopic (exact) mass is 219 g/mol. The number of carbonyl (C=O) groups is 1. The minimum absolute atomic E-state index is 0.194. The molecular formula is C12H17N3O. The van der Waals surface area contributed by atoms with Crippen molar-refractivity contribution in [2.24, 2.45) is 16.5 Å². The zero-order valence-electron chi connectivity index (χ0n) is 9.66. The lowest BCUT2D eigenvalue weighted by Gasteiger charge is -1.99. The maximum Gasteiger partial charge on any atom is 0.283 e. The van der Waals surface area contributed by atoms with Gasteiger partial charge in [0.2, 0.25) is 0 Å². The van der Waals surface area contributed by atoms with Crippen LogP contribution in [-0.4, -0.2) is 11.7 Å². The quantitative estimate of drug-likeness (QED) is 0.421. The third-order valence-corrected chi connectivity index (χ3v) is 1.97. The Bertz CT molecular complexity index is 384. The molecule has 0 aromatic heterocycles. The molecule has 0 aliphatic carbocycles. The number of amidine groups is 1. The number of allylic oxidation sites excluding steroid dienone is 3. The molecule has 4 N–H and O–H groups in total. The van der Waals surface area contributed by atoms with Crippen molar-refractivity contribution in [3.05, 3.63) is 23.4 Å². The van der Waals surface area contributed by atoms with Crippen LogP contribution in [0.3, 0.4) is 0 Å². The van der Waals surface area contributed by atoms with Crippen molar-refractivity contribution in [2.75, 3.05) is 0 Å². The molecule has 4 nitrogen and oxygen atoms in total. The van der Waals surface area contributed by atoms with Crippen molar-refractivity contribution in [2.45, 2.75) is 26.7 Å². The highest BCUT2D eigenvalue weighted by molar-refractivity contribution is 6.36. The minimum atomic E-state index is -0.726. The van der Waals surface area contributed by atoms with E-state index in [0.29, 0.717) is 12.1 Å². The number of rotatable bonds is 4. The summed E-state index contributed by atoms with van der Waals surface area (Å²) in [4.78, 5) is 14.6. The van der Waals surface area contributed by atoms with Gasteiger partial charge in [0.1, 0.15) is 0 Å². The summed E-state index contributed by atoms with van der Waals surface area (Å²) in [6, 6.07) is 0. The van der Waals surface area contributed by atoms with Crippen LogP contribution in [0.4, 0.5) is 0 Å². The van der Waals surface area contributed by atoms with E-state index in [1.165, 1.54) is 0 Å². The second-order valence-electron chi connectivity index (χ2n) is 3.07. The van der Waals surface area contributed by atoms with Crippen LogP contribution in [0.25, 0.3) is 0 Å². The van der Waals surface area contributed by atoms with Crippen LogP contribution in [-0.2, 0) is 4.79 Å². The van der Waals surface area contributed by atoms with E-state index >= 15 is 0 Å². The summed E-state index contributed by atoms with van der Waals surface area (Å²) in [5, 5.41) is 0. The molecule has 0 atom stereocenters. The molecule has 0 saturated carbocycles. The number of primary amides is 1. The summed E-state index contributed by atoms with van der Waals surface area (Å²) >= 11 is 0. The van der Waals surface area contributed by atoms with Gasteiger partial charge in [-0.3, -0.25) is 4.79 Å². The summed E-state index contributed by atoms with van der Waals surface area (Å²) in [5.74, 6) is 1.65. The molecule has 1 amide bonds. The van der Waals surface area contributed by atoms with E-state index < -0.39 is 5.91 Å². The summed E-state index contributed by atoms with van der Waals surface area (Å²) < 4.78 is 0. The predicted molar refractivity (Wildman–Crippen MR) is 66.4 cm³/mol. The zero-order valence-corrected chi connectivity index (χ0v) is 9.66. The Morgan fingerprint density at radius 3 is 2.50 bits per heavy atom. The first kappa shape index (κ1) is 14.0. The fourth-order valence-corrected chi connectivity index (χ4v) is 0.971. The highest BCUT2D eigenvalue weighted by Gasteiger charge is 2.01. The molecule has 0 fully saturated rings. The third-order valence-electron chi connectivity index (χ3n) is 1.97. The molecule has 0 rings (SSSR count). The van der Waals surface area contributed by atoms with Gasteiger partial charge in [0.25, 0.3) is 5.91 Å². The lowest BCUT2D eigenvalue weighted by atomic mass is 10.1. The first-order valence-corrected chi connectivity index (χ1v) is 4.99.